The number of nitrogens with zero attached hydrogens (tertiary/aromatic N) is 3. The van der Waals surface area contributed by atoms with E-state index in [-0.39, 0.29) is 6.61 Å². The summed E-state index contributed by atoms with van der Waals surface area (Å²) in [7, 11) is 4.25. The van der Waals surface area contributed by atoms with Gasteiger partial charge in [0.1, 0.15) is 5.82 Å². The number of halogens is 1. The molecular formula is C14H22ClN3O. The number of aliphatic hydroxyl groups excluding tert-OH is 1. The molecule has 0 amide bonds. The van der Waals surface area contributed by atoms with Crippen LogP contribution in [-0.4, -0.2) is 48.7 Å². The Kier molecular flexibility index (Phi) is 5.02. The SMILES string of the molecule is CN(C)CC1CCN(c2cc(CO)c(Cl)cn2)CC1. The second-order valence-corrected chi connectivity index (χ2v) is 5.89. The van der Waals surface area contributed by atoms with Crippen LogP contribution in [0.15, 0.2) is 12.3 Å². The van der Waals surface area contributed by atoms with E-state index in [1.807, 2.05) is 6.07 Å². The van der Waals surface area contributed by atoms with Crippen molar-refractivity contribution in [1.82, 2.24) is 9.88 Å². The van der Waals surface area contributed by atoms with Crippen molar-refractivity contribution in [2.24, 2.45) is 5.92 Å². The highest BCUT2D eigenvalue weighted by Crippen LogP contribution is 2.25. The number of piperidine rings is 1. The fourth-order valence-corrected chi connectivity index (χ4v) is 2.79. The largest absolute Gasteiger partial charge is 0.392 e. The number of aliphatic hydroxyl groups is 1. The Morgan fingerprint density at radius 2 is 2.11 bits per heavy atom. The van der Waals surface area contributed by atoms with Crippen molar-refractivity contribution in [3.05, 3.63) is 22.8 Å². The van der Waals surface area contributed by atoms with Gasteiger partial charge in [-0.15, -0.1) is 0 Å². The maximum atomic E-state index is 9.25. The average molecular weight is 284 g/mol. The van der Waals surface area contributed by atoms with Crippen LogP contribution in [0.25, 0.3) is 0 Å². The van der Waals surface area contributed by atoms with Crippen molar-refractivity contribution in [1.29, 1.82) is 0 Å². The minimum atomic E-state index is -0.0363. The number of hydrogen-bond donors (Lipinski definition) is 1. The van der Waals surface area contributed by atoms with Gasteiger partial charge in [-0.1, -0.05) is 11.6 Å². The standard InChI is InChI=1S/C14H22ClN3O/c1-17(2)9-11-3-5-18(6-4-11)14-7-12(10-19)13(15)8-16-14/h7-8,11,19H,3-6,9-10H2,1-2H3. The van der Waals surface area contributed by atoms with Crippen molar-refractivity contribution < 1.29 is 5.11 Å². The van der Waals surface area contributed by atoms with Crippen LogP contribution in [-0.2, 0) is 6.61 Å². The molecule has 0 bridgehead atoms. The zero-order chi connectivity index (χ0) is 13.8. The first-order chi connectivity index (χ1) is 9.10. The van der Waals surface area contributed by atoms with Gasteiger partial charge < -0.3 is 14.9 Å². The van der Waals surface area contributed by atoms with Gasteiger partial charge in [0.15, 0.2) is 0 Å². The minimum absolute atomic E-state index is 0.0363. The van der Waals surface area contributed by atoms with Gasteiger partial charge in [-0.2, -0.15) is 0 Å². The smallest absolute Gasteiger partial charge is 0.128 e. The molecule has 0 radical (unpaired) electrons. The molecule has 2 rings (SSSR count). The molecule has 0 atom stereocenters. The molecule has 1 N–H and O–H groups in total. The highest BCUT2D eigenvalue weighted by molar-refractivity contribution is 6.31. The first-order valence-corrected chi connectivity index (χ1v) is 7.13. The molecule has 1 fully saturated rings. The molecule has 1 aromatic rings. The van der Waals surface area contributed by atoms with Gasteiger partial charge in [0, 0.05) is 31.4 Å². The molecule has 1 aliphatic heterocycles. The van der Waals surface area contributed by atoms with Crippen LogP contribution in [0.5, 0.6) is 0 Å². The van der Waals surface area contributed by atoms with Crippen LogP contribution in [0.3, 0.4) is 0 Å². The van der Waals surface area contributed by atoms with Crippen LogP contribution < -0.4 is 4.90 Å². The van der Waals surface area contributed by atoms with E-state index in [0.29, 0.717) is 5.02 Å². The van der Waals surface area contributed by atoms with E-state index in [9.17, 15) is 5.11 Å². The van der Waals surface area contributed by atoms with Gasteiger partial charge in [-0.3, -0.25) is 0 Å². The van der Waals surface area contributed by atoms with Crippen LogP contribution >= 0.6 is 11.6 Å². The highest BCUT2D eigenvalue weighted by Gasteiger charge is 2.21. The Bertz CT molecular complexity index is 417. The lowest BCUT2D eigenvalue weighted by Gasteiger charge is -2.34. The minimum Gasteiger partial charge on any atom is -0.392 e. The van der Waals surface area contributed by atoms with E-state index in [1.54, 1.807) is 6.20 Å². The first kappa shape index (κ1) is 14.6. The Morgan fingerprint density at radius 1 is 1.42 bits per heavy atom. The molecule has 0 unspecified atom stereocenters. The van der Waals surface area contributed by atoms with E-state index < -0.39 is 0 Å². The van der Waals surface area contributed by atoms with Crippen molar-refractivity contribution in [3.8, 4) is 0 Å². The maximum Gasteiger partial charge on any atom is 0.128 e. The lowest BCUT2D eigenvalue weighted by molar-refractivity contribution is 0.280. The molecule has 1 saturated heterocycles. The third-order valence-electron chi connectivity index (χ3n) is 3.65. The fraction of sp³-hybridized carbons (Fsp3) is 0.643. The first-order valence-electron chi connectivity index (χ1n) is 6.75. The van der Waals surface area contributed by atoms with E-state index >= 15 is 0 Å². The van der Waals surface area contributed by atoms with Crippen molar-refractivity contribution in [2.75, 3.05) is 38.6 Å². The zero-order valence-corrected chi connectivity index (χ0v) is 12.4. The Hall–Kier alpha value is -0.840. The Labute approximate surface area is 120 Å². The van der Waals surface area contributed by atoms with Crippen LogP contribution in [0.4, 0.5) is 5.82 Å². The second-order valence-electron chi connectivity index (χ2n) is 5.48. The van der Waals surface area contributed by atoms with Gasteiger partial charge >= 0.3 is 0 Å². The molecular weight excluding hydrogens is 262 g/mol. The van der Waals surface area contributed by atoms with Gasteiger partial charge in [-0.05, 0) is 38.9 Å². The number of pyridine rings is 1. The Morgan fingerprint density at radius 3 is 2.68 bits per heavy atom. The predicted octanol–water partition coefficient (Wildman–Crippen LogP) is 2.01. The third kappa shape index (κ3) is 3.81. The molecule has 5 heteroatoms. The average Bonchev–Trinajstić information content (AvgIpc) is 2.40. The monoisotopic (exact) mass is 283 g/mol. The summed E-state index contributed by atoms with van der Waals surface area (Å²) in [4.78, 5) is 8.90. The summed E-state index contributed by atoms with van der Waals surface area (Å²) in [5.74, 6) is 1.70. The molecule has 19 heavy (non-hydrogen) atoms. The van der Waals surface area contributed by atoms with Crippen molar-refractivity contribution in [2.45, 2.75) is 19.4 Å². The topological polar surface area (TPSA) is 39.6 Å². The third-order valence-corrected chi connectivity index (χ3v) is 3.99. The van der Waals surface area contributed by atoms with E-state index in [1.165, 1.54) is 12.8 Å². The molecule has 1 aliphatic rings. The molecule has 0 aromatic carbocycles. The van der Waals surface area contributed by atoms with Gasteiger partial charge in [-0.25, -0.2) is 4.98 Å². The van der Waals surface area contributed by atoms with Crippen LogP contribution in [0.1, 0.15) is 18.4 Å². The molecule has 0 saturated carbocycles. The van der Waals surface area contributed by atoms with E-state index in [0.717, 1.165) is 36.9 Å². The van der Waals surface area contributed by atoms with E-state index in [2.05, 4.69) is 28.9 Å². The fourth-order valence-electron chi connectivity index (χ4n) is 2.62. The van der Waals surface area contributed by atoms with Crippen LogP contribution in [0.2, 0.25) is 5.02 Å². The normalized spacial score (nSPS) is 17.2. The van der Waals surface area contributed by atoms with Gasteiger partial charge in [0.25, 0.3) is 0 Å². The molecule has 1 aromatic heterocycles. The maximum absolute atomic E-state index is 9.25. The quantitative estimate of drug-likeness (QED) is 0.918. The van der Waals surface area contributed by atoms with Crippen molar-refractivity contribution >= 4 is 17.4 Å². The summed E-state index contributed by atoms with van der Waals surface area (Å²) in [6.07, 6.45) is 4.02. The lowest BCUT2D eigenvalue weighted by atomic mass is 9.96. The number of rotatable bonds is 4. The molecule has 106 valence electrons. The summed E-state index contributed by atoms with van der Waals surface area (Å²) in [5, 5.41) is 9.78. The number of hydrogen-bond acceptors (Lipinski definition) is 4. The highest BCUT2D eigenvalue weighted by atomic mass is 35.5. The molecule has 2 heterocycles. The summed E-state index contributed by atoms with van der Waals surface area (Å²) < 4.78 is 0. The lowest BCUT2D eigenvalue weighted by Crippen LogP contribution is -2.37. The predicted molar refractivity (Wildman–Crippen MR) is 78.7 cm³/mol. The summed E-state index contributed by atoms with van der Waals surface area (Å²) in [6, 6.07) is 1.90. The van der Waals surface area contributed by atoms with Gasteiger partial charge in [0.05, 0.1) is 11.6 Å². The molecule has 0 spiro atoms. The summed E-state index contributed by atoms with van der Waals surface area (Å²) in [6.45, 7) is 3.17. The number of aromatic nitrogens is 1. The van der Waals surface area contributed by atoms with E-state index in [4.69, 9.17) is 11.6 Å². The zero-order valence-electron chi connectivity index (χ0n) is 11.6. The van der Waals surface area contributed by atoms with Crippen LogP contribution in [0, 0.1) is 5.92 Å². The molecule has 0 aliphatic carbocycles. The molecule has 4 nitrogen and oxygen atoms in total. The van der Waals surface area contributed by atoms with Crippen molar-refractivity contribution in [3.63, 3.8) is 0 Å². The second kappa shape index (κ2) is 6.55. The summed E-state index contributed by atoms with van der Waals surface area (Å²) in [5.41, 5.74) is 0.752. The summed E-state index contributed by atoms with van der Waals surface area (Å²) >= 11 is 5.97. The Balaban J connectivity index is 1.97. The van der Waals surface area contributed by atoms with Gasteiger partial charge in [0.2, 0.25) is 0 Å². The number of anilines is 1.